The molecule has 1 N–H and O–H groups in total. The lowest BCUT2D eigenvalue weighted by atomic mass is 10.2. The number of nitro groups is 2. The Morgan fingerprint density at radius 1 is 0.690 bits per heavy atom. The van der Waals surface area contributed by atoms with Crippen LogP contribution in [0.2, 0.25) is 0 Å². The van der Waals surface area contributed by atoms with Gasteiger partial charge < -0.3 is 38.5 Å². The zero-order valence-electron chi connectivity index (χ0n) is 24.5. The van der Waals surface area contributed by atoms with Gasteiger partial charge in [-0.25, -0.2) is 0 Å². The Balaban J connectivity index is 1.81. The number of benzene rings is 1. The lowest BCUT2D eigenvalue weighted by Gasteiger charge is -2.09. The molecule has 0 heterocycles. The van der Waals surface area contributed by atoms with E-state index in [1.807, 2.05) is 0 Å². The zero-order chi connectivity index (χ0) is 30.7. The standard InChI is InChI=1S/C27H45N3O12/c1-2-3-4-5-6-27(31)42-22-21-41-20-19-40-18-17-39-16-15-38-14-13-37-12-11-36-10-9-28-25-8-7-24(29(32)33)23-26(25)30(34)35/h7-8,23,28H,2-6,9-22H2,1H3. The number of hydrogen-bond acceptors (Lipinski definition) is 13. The molecule has 0 saturated carbocycles. The number of unbranched alkanes of at least 4 members (excludes halogenated alkanes) is 3. The van der Waals surface area contributed by atoms with E-state index in [9.17, 15) is 25.0 Å². The van der Waals surface area contributed by atoms with Crippen molar-refractivity contribution in [3.8, 4) is 0 Å². The van der Waals surface area contributed by atoms with Gasteiger partial charge in [-0.1, -0.05) is 26.2 Å². The van der Waals surface area contributed by atoms with Gasteiger partial charge in [0.25, 0.3) is 11.4 Å². The summed E-state index contributed by atoms with van der Waals surface area (Å²) in [4.78, 5) is 32.1. The number of nitro benzene ring substituents is 2. The fourth-order valence-corrected chi connectivity index (χ4v) is 3.38. The first-order chi connectivity index (χ1) is 20.5. The largest absolute Gasteiger partial charge is 0.463 e. The summed E-state index contributed by atoms with van der Waals surface area (Å²) >= 11 is 0. The molecule has 1 rings (SSSR count). The second-order valence-electron chi connectivity index (χ2n) is 8.85. The van der Waals surface area contributed by atoms with Gasteiger partial charge in [-0.3, -0.25) is 25.0 Å². The fourth-order valence-electron chi connectivity index (χ4n) is 3.38. The summed E-state index contributed by atoms with van der Waals surface area (Å²) in [5.41, 5.74) is -0.527. The van der Waals surface area contributed by atoms with Gasteiger partial charge >= 0.3 is 5.97 Å². The summed E-state index contributed by atoms with van der Waals surface area (Å²) in [5, 5.41) is 24.7. The molecule has 0 unspecified atom stereocenters. The number of nitrogens with one attached hydrogen (secondary N) is 1. The lowest BCUT2D eigenvalue weighted by Crippen LogP contribution is -2.16. The first kappa shape index (κ1) is 37.1. The van der Waals surface area contributed by atoms with Crippen LogP contribution in [-0.4, -0.2) is 108 Å². The quantitative estimate of drug-likeness (QED) is 0.0608. The summed E-state index contributed by atoms with van der Waals surface area (Å²) in [6, 6.07) is 3.42. The van der Waals surface area contributed by atoms with Crippen molar-refractivity contribution in [3.05, 3.63) is 38.4 Å². The van der Waals surface area contributed by atoms with Crippen molar-refractivity contribution in [2.24, 2.45) is 0 Å². The first-order valence-electron chi connectivity index (χ1n) is 14.2. The van der Waals surface area contributed by atoms with Crippen molar-refractivity contribution in [3.63, 3.8) is 0 Å². The highest BCUT2D eigenvalue weighted by Crippen LogP contribution is 2.28. The monoisotopic (exact) mass is 603 g/mol. The smallest absolute Gasteiger partial charge is 0.305 e. The van der Waals surface area contributed by atoms with Gasteiger partial charge in [-0.15, -0.1) is 0 Å². The zero-order valence-corrected chi connectivity index (χ0v) is 24.5. The average molecular weight is 604 g/mol. The van der Waals surface area contributed by atoms with Gasteiger partial charge in [0, 0.05) is 19.0 Å². The van der Waals surface area contributed by atoms with E-state index in [-0.39, 0.29) is 36.2 Å². The number of rotatable bonds is 29. The summed E-state index contributed by atoms with van der Waals surface area (Å²) in [5.74, 6) is -0.173. The van der Waals surface area contributed by atoms with Gasteiger partial charge in [0.05, 0.1) is 95.2 Å². The highest BCUT2D eigenvalue weighted by atomic mass is 16.6. The molecular weight excluding hydrogens is 558 g/mol. The number of carbonyl (C=O) groups is 1. The van der Waals surface area contributed by atoms with E-state index < -0.39 is 9.85 Å². The van der Waals surface area contributed by atoms with Crippen LogP contribution in [0.1, 0.15) is 39.0 Å². The minimum Gasteiger partial charge on any atom is -0.463 e. The molecule has 0 saturated heterocycles. The molecule has 0 spiro atoms. The fraction of sp³-hybridized carbons (Fsp3) is 0.741. The number of anilines is 1. The molecule has 0 aliphatic heterocycles. The number of ether oxygens (including phenoxy) is 7. The van der Waals surface area contributed by atoms with Crippen LogP contribution < -0.4 is 5.32 Å². The molecule has 0 radical (unpaired) electrons. The van der Waals surface area contributed by atoms with E-state index in [4.69, 9.17) is 33.2 Å². The van der Waals surface area contributed by atoms with E-state index in [0.717, 1.165) is 31.7 Å². The van der Waals surface area contributed by atoms with Crippen LogP contribution in [-0.2, 0) is 38.0 Å². The molecule has 0 fully saturated rings. The second-order valence-corrected chi connectivity index (χ2v) is 8.85. The van der Waals surface area contributed by atoms with Crippen molar-refractivity contribution < 1.29 is 47.8 Å². The molecule has 15 nitrogen and oxygen atoms in total. The molecule has 1 aromatic rings. The molecule has 0 bridgehead atoms. The topological polar surface area (TPSA) is 180 Å². The Morgan fingerprint density at radius 2 is 1.19 bits per heavy atom. The van der Waals surface area contributed by atoms with Crippen LogP contribution in [0.5, 0.6) is 0 Å². The molecular formula is C27H45N3O12. The van der Waals surface area contributed by atoms with Crippen molar-refractivity contribution in [1.29, 1.82) is 0 Å². The minimum absolute atomic E-state index is 0.173. The molecule has 0 atom stereocenters. The predicted molar refractivity (Wildman–Crippen MR) is 153 cm³/mol. The number of esters is 1. The van der Waals surface area contributed by atoms with Gasteiger partial charge in [0.1, 0.15) is 12.3 Å². The molecule has 240 valence electrons. The summed E-state index contributed by atoms with van der Waals surface area (Å²) < 4.78 is 37.5. The highest BCUT2D eigenvalue weighted by molar-refractivity contribution is 5.69. The van der Waals surface area contributed by atoms with Crippen LogP contribution in [0, 0.1) is 20.2 Å². The van der Waals surface area contributed by atoms with Crippen LogP contribution >= 0.6 is 0 Å². The maximum absolute atomic E-state index is 11.5. The van der Waals surface area contributed by atoms with Crippen LogP contribution in [0.3, 0.4) is 0 Å². The number of non-ortho nitro benzene ring substituents is 1. The first-order valence-corrected chi connectivity index (χ1v) is 14.2. The van der Waals surface area contributed by atoms with Crippen molar-refractivity contribution >= 4 is 23.0 Å². The molecule has 0 amide bonds. The van der Waals surface area contributed by atoms with Gasteiger partial charge in [0.2, 0.25) is 0 Å². The third kappa shape index (κ3) is 20.0. The molecule has 1 aromatic carbocycles. The normalized spacial score (nSPS) is 11.0. The Hall–Kier alpha value is -2.95. The number of carbonyl (C=O) groups excluding carboxylic acids is 1. The lowest BCUT2D eigenvalue weighted by molar-refractivity contribution is -0.393. The molecule has 0 aromatic heterocycles. The Labute approximate surface area is 246 Å². The second kappa shape index (κ2) is 25.7. The Kier molecular flexibility index (Phi) is 22.7. The summed E-state index contributed by atoms with van der Waals surface area (Å²) in [6.45, 7) is 7.44. The Morgan fingerprint density at radius 3 is 1.67 bits per heavy atom. The molecule has 15 heteroatoms. The minimum atomic E-state index is -0.683. The van der Waals surface area contributed by atoms with E-state index in [0.29, 0.717) is 85.6 Å². The summed E-state index contributed by atoms with van der Waals surface area (Å²) in [6.07, 6.45) is 4.68. The van der Waals surface area contributed by atoms with Crippen LogP contribution in [0.4, 0.5) is 17.1 Å². The van der Waals surface area contributed by atoms with Crippen LogP contribution in [0.15, 0.2) is 18.2 Å². The number of hydrogen-bond donors (Lipinski definition) is 1. The Bertz CT molecular complexity index is 875. The van der Waals surface area contributed by atoms with E-state index in [1.54, 1.807) is 0 Å². The number of nitrogens with zero attached hydrogens (tertiary/aromatic N) is 2. The third-order valence-corrected chi connectivity index (χ3v) is 5.54. The molecule has 42 heavy (non-hydrogen) atoms. The van der Waals surface area contributed by atoms with Crippen molar-refractivity contribution in [2.75, 3.05) is 97.8 Å². The van der Waals surface area contributed by atoms with E-state index in [2.05, 4.69) is 12.2 Å². The molecule has 0 aliphatic rings. The SMILES string of the molecule is CCCCCCC(=O)OCCOCCOCCOCCOCCOCCOCCNc1ccc([N+](=O)[O-])cc1[N+](=O)[O-]. The van der Waals surface area contributed by atoms with E-state index >= 15 is 0 Å². The van der Waals surface area contributed by atoms with E-state index in [1.165, 1.54) is 12.1 Å². The van der Waals surface area contributed by atoms with Gasteiger partial charge in [-0.2, -0.15) is 0 Å². The van der Waals surface area contributed by atoms with Crippen molar-refractivity contribution in [2.45, 2.75) is 39.0 Å². The average Bonchev–Trinajstić information content (AvgIpc) is 2.97. The van der Waals surface area contributed by atoms with Gasteiger partial charge in [0.15, 0.2) is 0 Å². The third-order valence-electron chi connectivity index (χ3n) is 5.54. The predicted octanol–water partition coefficient (Wildman–Crippen LogP) is 3.53. The maximum Gasteiger partial charge on any atom is 0.305 e. The van der Waals surface area contributed by atoms with Crippen LogP contribution in [0.25, 0.3) is 0 Å². The highest BCUT2D eigenvalue weighted by Gasteiger charge is 2.19. The maximum atomic E-state index is 11.5. The van der Waals surface area contributed by atoms with Crippen molar-refractivity contribution in [1.82, 2.24) is 0 Å². The van der Waals surface area contributed by atoms with Gasteiger partial charge in [-0.05, 0) is 12.5 Å². The molecule has 0 aliphatic carbocycles. The summed E-state index contributed by atoms with van der Waals surface area (Å²) in [7, 11) is 0.